The molecule has 0 aromatic heterocycles. The van der Waals surface area contributed by atoms with Crippen LogP contribution in [0.15, 0.2) is 102 Å². The van der Waals surface area contributed by atoms with Gasteiger partial charge in [-0.05, 0) is 42.7 Å². The Morgan fingerprint density at radius 3 is 2.05 bits per heavy atom. The zero-order valence-corrected chi connectivity index (χ0v) is 23.1. The summed E-state index contributed by atoms with van der Waals surface area (Å²) in [6.07, 6.45) is 5.85. The number of rotatable bonds is 12. The number of carbonyl (C=O) groups is 1. The summed E-state index contributed by atoms with van der Waals surface area (Å²) in [5.41, 5.74) is -0.158. The van der Waals surface area contributed by atoms with Crippen LogP contribution in [0.4, 0.5) is 0 Å². The van der Waals surface area contributed by atoms with E-state index in [4.69, 9.17) is 14.5 Å². The molecule has 0 radical (unpaired) electrons. The lowest BCUT2D eigenvalue weighted by Crippen LogP contribution is -2.61. The molecule has 204 valence electrons. The fourth-order valence-electron chi connectivity index (χ4n) is 5.40. The Hall–Kier alpha value is -3.90. The van der Waals surface area contributed by atoms with Gasteiger partial charge in [0.2, 0.25) is 0 Å². The van der Waals surface area contributed by atoms with Crippen molar-refractivity contribution in [1.82, 2.24) is 5.32 Å². The Kier molecular flexibility index (Phi) is 8.87. The van der Waals surface area contributed by atoms with E-state index in [2.05, 4.69) is 12.2 Å². The zero-order valence-electron chi connectivity index (χ0n) is 23.1. The van der Waals surface area contributed by atoms with E-state index in [-0.39, 0.29) is 5.92 Å². The Labute approximate surface area is 231 Å². The van der Waals surface area contributed by atoms with Crippen molar-refractivity contribution < 1.29 is 19.4 Å². The zero-order chi connectivity index (χ0) is 27.9. The van der Waals surface area contributed by atoms with Crippen LogP contribution in [-0.4, -0.2) is 41.6 Å². The molecule has 3 aromatic carbocycles. The Balaban J connectivity index is 1.73. The molecule has 0 saturated carbocycles. The van der Waals surface area contributed by atoms with E-state index in [1.165, 1.54) is 0 Å². The molecule has 4 rings (SSSR count). The highest BCUT2D eigenvalue weighted by atomic mass is 16.5. The molecule has 1 heterocycles. The van der Waals surface area contributed by atoms with Crippen LogP contribution < -0.4 is 14.8 Å². The summed E-state index contributed by atoms with van der Waals surface area (Å²) in [5.74, 6) is 0.0542. The number of nitrogens with zero attached hydrogens (tertiary/aromatic N) is 1. The van der Waals surface area contributed by atoms with E-state index in [1.54, 1.807) is 32.4 Å². The highest BCUT2D eigenvalue weighted by Gasteiger charge is 2.53. The van der Waals surface area contributed by atoms with Crippen LogP contribution >= 0.6 is 0 Å². The molecule has 3 aromatic rings. The van der Waals surface area contributed by atoms with Crippen LogP contribution in [0.1, 0.15) is 50.8 Å². The van der Waals surface area contributed by atoms with Gasteiger partial charge in [0, 0.05) is 12.1 Å². The summed E-state index contributed by atoms with van der Waals surface area (Å²) in [6.45, 7) is 5.87. The fourth-order valence-corrected chi connectivity index (χ4v) is 5.40. The maximum Gasteiger partial charge on any atom is 0.253 e. The molecule has 2 N–H and O–H groups in total. The van der Waals surface area contributed by atoms with Gasteiger partial charge in [-0.3, -0.25) is 9.79 Å². The molecule has 1 aliphatic heterocycles. The number of ether oxygens (including phenoxy) is 2. The molecule has 39 heavy (non-hydrogen) atoms. The number of aliphatic hydroxyl groups is 1. The van der Waals surface area contributed by atoms with Gasteiger partial charge < -0.3 is 19.9 Å². The summed E-state index contributed by atoms with van der Waals surface area (Å²) >= 11 is 0. The minimum absolute atomic E-state index is 0.377. The van der Waals surface area contributed by atoms with Gasteiger partial charge in [0.25, 0.3) is 5.91 Å². The number of para-hydroxylation sites is 2. The standard InChI is InChI=1S/C33H38N2O4/c1-5-21-33(22-14-23-34-33)24(2)32(3,39-28-20-13-12-19-27(28)38-4)30(36)31(37)35-29(25-15-8-6-9-16-25)26-17-10-7-11-18-26/h6-20,22-24,29-30,36H,5,21H2,1-4H3,(H,35,37). The lowest BCUT2D eigenvalue weighted by molar-refractivity contribution is -0.149. The smallest absolute Gasteiger partial charge is 0.253 e. The number of aliphatic hydroxyl groups excluding tert-OH is 1. The molecule has 0 fully saturated rings. The molecule has 0 bridgehead atoms. The molecule has 1 amide bonds. The number of benzene rings is 3. The summed E-state index contributed by atoms with van der Waals surface area (Å²) in [6, 6.07) is 26.3. The average molecular weight is 527 g/mol. The first-order valence-corrected chi connectivity index (χ1v) is 13.5. The lowest BCUT2D eigenvalue weighted by Gasteiger charge is -2.46. The van der Waals surface area contributed by atoms with E-state index >= 15 is 0 Å². The highest BCUT2D eigenvalue weighted by Crippen LogP contribution is 2.43. The van der Waals surface area contributed by atoms with Crippen LogP contribution in [0.2, 0.25) is 0 Å². The molecule has 0 spiro atoms. The molecular weight excluding hydrogens is 488 g/mol. The van der Waals surface area contributed by atoms with E-state index in [1.807, 2.05) is 91.9 Å². The first-order valence-electron chi connectivity index (χ1n) is 13.5. The van der Waals surface area contributed by atoms with Crippen molar-refractivity contribution in [2.75, 3.05) is 7.11 Å². The van der Waals surface area contributed by atoms with Gasteiger partial charge in [-0.2, -0.15) is 0 Å². The first kappa shape index (κ1) is 28.1. The third kappa shape index (κ3) is 5.91. The molecule has 6 nitrogen and oxygen atoms in total. The Morgan fingerprint density at radius 2 is 1.54 bits per heavy atom. The van der Waals surface area contributed by atoms with Gasteiger partial charge in [0.15, 0.2) is 17.6 Å². The van der Waals surface area contributed by atoms with Crippen molar-refractivity contribution in [1.29, 1.82) is 0 Å². The van der Waals surface area contributed by atoms with Gasteiger partial charge in [-0.25, -0.2) is 0 Å². The van der Waals surface area contributed by atoms with Gasteiger partial charge in [0.05, 0.1) is 18.7 Å². The number of amides is 1. The van der Waals surface area contributed by atoms with Crippen molar-refractivity contribution >= 4 is 12.1 Å². The lowest BCUT2D eigenvalue weighted by atomic mass is 9.70. The Morgan fingerprint density at radius 1 is 0.974 bits per heavy atom. The molecular formula is C33H38N2O4. The van der Waals surface area contributed by atoms with Gasteiger partial charge >= 0.3 is 0 Å². The van der Waals surface area contributed by atoms with Crippen LogP contribution in [-0.2, 0) is 4.79 Å². The third-order valence-corrected chi connectivity index (χ3v) is 7.79. The molecule has 4 unspecified atom stereocenters. The van der Waals surface area contributed by atoms with Crippen molar-refractivity contribution in [2.45, 2.75) is 56.9 Å². The quantitative estimate of drug-likeness (QED) is 0.307. The minimum Gasteiger partial charge on any atom is -0.493 e. The number of allylic oxidation sites excluding steroid dienone is 1. The van der Waals surface area contributed by atoms with Crippen molar-refractivity contribution in [3.05, 3.63) is 108 Å². The molecule has 4 atom stereocenters. The molecule has 0 saturated heterocycles. The second-order valence-corrected chi connectivity index (χ2v) is 10.2. The van der Waals surface area contributed by atoms with Crippen LogP contribution in [0.25, 0.3) is 0 Å². The molecule has 1 aliphatic rings. The maximum atomic E-state index is 13.9. The number of carbonyl (C=O) groups excluding carboxylic acids is 1. The normalized spacial score (nSPS) is 19.3. The summed E-state index contributed by atoms with van der Waals surface area (Å²) in [5, 5.41) is 15.0. The average Bonchev–Trinajstić information content (AvgIpc) is 3.46. The van der Waals surface area contributed by atoms with Gasteiger partial charge in [-0.1, -0.05) is 99.1 Å². The number of aliphatic imine (C=N–C) groups is 1. The van der Waals surface area contributed by atoms with Crippen molar-refractivity contribution in [3.8, 4) is 11.5 Å². The van der Waals surface area contributed by atoms with Gasteiger partial charge in [0.1, 0.15) is 5.60 Å². The SMILES string of the molecule is CCCC1(C(C)C(C)(Oc2ccccc2OC)C(O)C(=O)NC(c2ccccc2)c2ccccc2)C=CC=N1. The predicted octanol–water partition coefficient (Wildman–Crippen LogP) is 5.92. The van der Waals surface area contributed by atoms with E-state index < -0.39 is 29.2 Å². The second kappa shape index (κ2) is 12.3. The summed E-state index contributed by atoms with van der Waals surface area (Å²) in [7, 11) is 1.57. The summed E-state index contributed by atoms with van der Waals surface area (Å²) < 4.78 is 12.1. The maximum absolute atomic E-state index is 13.9. The fraction of sp³-hybridized carbons (Fsp3) is 0.333. The number of hydrogen-bond donors (Lipinski definition) is 2. The third-order valence-electron chi connectivity index (χ3n) is 7.79. The van der Waals surface area contributed by atoms with Crippen LogP contribution in [0.5, 0.6) is 11.5 Å². The van der Waals surface area contributed by atoms with Crippen LogP contribution in [0, 0.1) is 5.92 Å². The highest BCUT2D eigenvalue weighted by molar-refractivity contribution is 5.83. The molecule has 0 aliphatic carbocycles. The Bertz CT molecular complexity index is 1240. The van der Waals surface area contributed by atoms with Gasteiger partial charge in [-0.15, -0.1) is 0 Å². The topological polar surface area (TPSA) is 80.1 Å². The minimum atomic E-state index is -1.52. The van der Waals surface area contributed by atoms with Crippen molar-refractivity contribution in [3.63, 3.8) is 0 Å². The number of methoxy groups -OCH3 is 1. The number of nitrogens with one attached hydrogen (secondary N) is 1. The first-order chi connectivity index (χ1) is 18.8. The second-order valence-electron chi connectivity index (χ2n) is 10.2. The largest absolute Gasteiger partial charge is 0.493 e. The van der Waals surface area contributed by atoms with E-state index in [9.17, 15) is 9.90 Å². The molecule has 6 heteroatoms. The number of hydrogen-bond acceptors (Lipinski definition) is 5. The van der Waals surface area contributed by atoms with E-state index in [0.29, 0.717) is 11.5 Å². The monoisotopic (exact) mass is 526 g/mol. The summed E-state index contributed by atoms with van der Waals surface area (Å²) in [4.78, 5) is 18.8. The predicted molar refractivity (Wildman–Crippen MR) is 155 cm³/mol. The van der Waals surface area contributed by atoms with Crippen LogP contribution in [0.3, 0.4) is 0 Å². The van der Waals surface area contributed by atoms with Crippen molar-refractivity contribution in [2.24, 2.45) is 10.9 Å². The van der Waals surface area contributed by atoms with E-state index in [0.717, 1.165) is 24.0 Å².